The van der Waals surface area contributed by atoms with E-state index in [0.717, 1.165) is 0 Å². The predicted molar refractivity (Wildman–Crippen MR) is 466 cm³/mol. The Kier molecular flexibility index (Phi) is 45.1. The zero-order valence-corrected chi connectivity index (χ0v) is 83.2. The normalized spacial score (nSPS) is 13.4. The van der Waals surface area contributed by atoms with Gasteiger partial charge in [-0.3, -0.25) is 45.7 Å². The smallest absolute Gasteiger partial charge is 0.333 e. The van der Waals surface area contributed by atoms with E-state index in [0.29, 0.717) is 55.6 Å². The Morgan fingerprint density at radius 2 is 0.224 bits per heavy atom. The molecule has 0 saturated heterocycles. The molecule has 0 N–H and O–H groups in total. The maximum atomic E-state index is 14.0. The third-order valence-electron chi connectivity index (χ3n) is 19.9. The highest BCUT2D eigenvalue weighted by atomic mass is 31.2. The number of hydrogen-bond donors (Lipinski definition) is 0. The minimum Gasteiger partial charge on any atom is -0.493 e. The van der Waals surface area contributed by atoms with Crippen LogP contribution in [0.2, 0.25) is 0 Å². The summed E-state index contributed by atoms with van der Waals surface area (Å²) in [7, 11) is -13.9. The molecule has 0 amide bonds. The third kappa shape index (κ3) is 32.5. The molecule has 0 unspecified atom stereocenters. The second-order valence-electron chi connectivity index (χ2n) is 26.7. The second-order valence-corrected chi connectivity index (χ2v) is 50.7. The molecule has 0 spiro atoms. The van der Waals surface area contributed by atoms with Gasteiger partial charge in [0.1, 0.15) is 57.5 Å². The lowest BCUT2D eigenvalue weighted by atomic mass is 9.94. The Morgan fingerprint density at radius 1 is 0.152 bits per heavy atom. The first-order valence-corrected chi connectivity index (χ1v) is 55.8. The van der Waals surface area contributed by atoms with Crippen LogP contribution >= 0.6 is 76.0 Å². The van der Waals surface area contributed by atoms with Crippen molar-refractivity contribution in [3.63, 3.8) is 0 Å². The van der Waals surface area contributed by atoms with Crippen LogP contribution in [0, 0.1) is 0 Å². The number of benzene rings is 5. The summed E-state index contributed by atoms with van der Waals surface area (Å²) in [5.74, 6) is 1.03. The van der Waals surface area contributed by atoms with Gasteiger partial charge < -0.3 is 138 Å². The summed E-state index contributed by atoms with van der Waals surface area (Å²) in [5.41, 5.74) is 3.13. The molecular weight excluding hydrogens is 1850 g/mol. The van der Waals surface area contributed by atoms with E-state index in [1.165, 1.54) is 142 Å². The van der Waals surface area contributed by atoms with E-state index in [1.54, 1.807) is 60.7 Å². The molecular formula is C75H120O40P10. The summed E-state index contributed by atoms with van der Waals surface area (Å²) in [6, 6.07) is 16.3. The van der Waals surface area contributed by atoms with E-state index in [1.807, 2.05) is 0 Å². The molecule has 10 bridgehead atoms. The molecule has 0 atom stereocenters. The SMILES string of the molecule is COP(=O)(CCOc1cc2c(OCCP(=O)(OC)OC)cc1Cc1cc(OCCP(=O)(OC)OC)c(cc1OCCP(=O)(OC)OC)Cc1cc(OCCP(=O)(OC)OC)c(cc1OCCP(=O)(OC)OC)Cc1cc(OCCP(=O)(OC)OC)c(cc1OCCP(=O)(OC)OC)Cc1cc(OCCP(=O)(OC)OC)c(cc1OCCP(=O)(OC)OC)C2)OC. The lowest BCUT2D eigenvalue weighted by molar-refractivity contribution is 0.257. The summed E-state index contributed by atoms with van der Waals surface area (Å²) >= 11 is 0. The van der Waals surface area contributed by atoms with Gasteiger partial charge in [-0.1, -0.05) is 0 Å². The Bertz CT molecular complexity index is 3770. The Labute approximate surface area is 731 Å². The molecule has 10 aliphatic carbocycles. The molecule has 710 valence electrons. The number of ether oxygens (including phenoxy) is 10. The van der Waals surface area contributed by atoms with Gasteiger partial charge >= 0.3 is 76.0 Å². The largest absolute Gasteiger partial charge is 0.493 e. The van der Waals surface area contributed by atoms with Crippen molar-refractivity contribution in [1.82, 2.24) is 0 Å². The van der Waals surface area contributed by atoms with Crippen molar-refractivity contribution in [2.75, 3.05) is 270 Å². The fourth-order valence-electron chi connectivity index (χ4n) is 12.2. The monoisotopic (exact) mass is 1970 g/mol. The molecule has 125 heavy (non-hydrogen) atoms. The van der Waals surface area contributed by atoms with Crippen LogP contribution in [0.4, 0.5) is 0 Å². The van der Waals surface area contributed by atoms with Gasteiger partial charge in [-0.25, -0.2) is 0 Å². The van der Waals surface area contributed by atoms with Crippen molar-refractivity contribution < 1.29 is 183 Å². The van der Waals surface area contributed by atoms with E-state index in [4.69, 9.17) is 138 Å². The molecule has 5 aromatic rings. The maximum Gasteiger partial charge on any atom is 0.333 e. The van der Waals surface area contributed by atoms with Crippen molar-refractivity contribution in [1.29, 1.82) is 0 Å². The molecule has 0 aliphatic heterocycles. The molecule has 0 radical (unpaired) electrons. The Hall–Kier alpha value is -4.40. The zero-order valence-electron chi connectivity index (χ0n) is 74.3. The number of rotatable bonds is 60. The molecule has 40 nitrogen and oxygen atoms in total. The van der Waals surface area contributed by atoms with Crippen molar-refractivity contribution in [2.45, 2.75) is 32.1 Å². The average Bonchev–Trinajstić information content (AvgIpc) is 1.41. The van der Waals surface area contributed by atoms with Crippen LogP contribution < -0.4 is 47.4 Å². The second kappa shape index (κ2) is 51.6. The third-order valence-corrected chi connectivity index (χ3v) is 38.3. The maximum absolute atomic E-state index is 14.0. The van der Waals surface area contributed by atoms with Crippen molar-refractivity contribution >= 4 is 76.0 Å². The lowest BCUT2D eigenvalue weighted by Gasteiger charge is -2.23. The molecule has 0 heterocycles. The van der Waals surface area contributed by atoms with Crippen LogP contribution in [0.3, 0.4) is 0 Å². The first kappa shape index (κ1) is 109. The van der Waals surface area contributed by atoms with Crippen LogP contribution in [0.25, 0.3) is 0 Å². The predicted octanol–water partition coefficient (Wildman–Crippen LogP) is 16.6. The fourth-order valence-corrected chi connectivity index (χ4v) is 20.5. The van der Waals surface area contributed by atoms with Gasteiger partial charge in [0.2, 0.25) is 0 Å². The highest BCUT2D eigenvalue weighted by Gasteiger charge is 2.34. The van der Waals surface area contributed by atoms with E-state index in [9.17, 15) is 45.7 Å². The van der Waals surface area contributed by atoms with Gasteiger partial charge in [0.05, 0.1) is 128 Å². The standard InChI is InChI=1S/C75H120O40P10/c1-86-116(76,87-2)31-21-106-66-46-57-42-59-49-71(111-26-36-121(81,96-11)97-12)61(51-70(59)110-25-35-120(80,94-9)95-10)44-63-53-75(115-30-40-125(85,104-19)105-20)65(55-74(63)114-29-39-124(84,102-17)103-18)45-64-54-72(112-27-37-122(82,98-13)99-14)62(52-73(64)113-28-38-123(83,100-15)101-16)43-60-50-68(108-23-33-118(78,90-5)91-6)58(48-69(60)109-24-34-119(79,92-7)93-8)41-56(66)47-67(57)107-22-32-117(77,88-3)89-4/h46-55H,21-45H2,1-20H3. The Balaban J connectivity index is 1.98. The van der Waals surface area contributed by atoms with E-state index in [-0.39, 0.29) is 217 Å². The van der Waals surface area contributed by atoms with Gasteiger partial charge in [0, 0.05) is 230 Å². The van der Waals surface area contributed by atoms with Gasteiger partial charge in [-0.2, -0.15) is 0 Å². The summed E-state index contributed by atoms with van der Waals surface area (Å²) in [6.45, 7) is -3.31. The summed E-state index contributed by atoms with van der Waals surface area (Å²) < 4.78 is 315. The highest BCUT2D eigenvalue weighted by Crippen LogP contribution is 2.55. The summed E-state index contributed by atoms with van der Waals surface area (Å²) in [4.78, 5) is 0. The Morgan fingerprint density at radius 3 is 0.288 bits per heavy atom. The van der Waals surface area contributed by atoms with E-state index >= 15 is 0 Å². The molecule has 0 fully saturated rings. The number of hydrogen-bond acceptors (Lipinski definition) is 40. The molecule has 5 aromatic carbocycles. The van der Waals surface area contributed by atoms with E-state index < -0.39 is 76.0 Å². The van der Waals surface area contributed by atoms with Crippen LogP contribution in [0.5, 0.6) is 57.5 Å². The van der Waals surface area contributed by atoms with Crippen LogP contribution in [0.15, 0.2) is 60.7 Å². The molecule has 0 aromatic heterocycles. The lowest BCUT2D eigenvalue weighted by Crippen LogP contribution is -2.13. The van der Waals surface area contributed by atoms with Gasteiger partial charge in [-0.15, -0.1) is 0 Å². The summed E-state index contributed by atoms with van der Waals surface area (Å²) in [6.07, 6.45) is -4.05. The fraction of sp³-hybridized carbons (Fsp3) is 0.600. The molecule has 10 aliphatic rings. The topological polar surface area (TPSA) is 448 Å². The van der Waals surface area contributed by atoms with Gasteiger partial charge in [-0.05, 0) is 60.7 Å². The van der Waals surface area contributed by atoms with Crippen molar-refractivity contribution in [2.24, 2.45) is 0 Å². The first-order valence-electron chi connectivity index (χ1n) is 38.5. The zero-order chi connectivity index (χ0) is 92.5. The molecule has 0 saturated carbocycles. The minimum atomic E-state index is -3.83. The quantitative estimate of drug-likeness (QED) is 0.0320. The molecule has 15 rings (SSSR count). The van der Waals surface area contributed by atoms with Crippen LogP contribution in [-0.4, -0.2) is 270 Å². The van der Waals surface area contributed by atoms with Crippen molar-refractivity contribution in [3.05, 3.63) is 116 Å². The first-order chi connectivity index (χ1) is 59.4. The van der Waals surface area contributed by atoms with Gasteiger partial charge in [0.15, 0.2) is 0 Å². The summed E-state index contributed by atoms with van der Waals surface area (Å²) in [5, 5.41) is 0. The van der Waals surface area contributed by atoms with E-state index in [2.05, 4.69) is 0 Å². The van der Waals surface area contributed by atoms with Crippen LogP contribution in [-0.2, 0) is 168 Å². The average molecular weight is 1970 g/mol. The van der Waals surface area contributed by atoms with Crippen molar-refractivity contribution in [3.8, 4) is 57.5 Å². The minimum absolute atomic E-state index is 0.103. The van der Waals surface area contributed by atoms with Crippen LogP contribution in [0.1, 0.15) is 55.6 Å². The molecule has 50 heteroatoms. The highest BCUT2D eigenvalue weighted by molar-refractivity contribution is 7.56. The van der Waals surface area contributed by atoms with Gasteiger partial charge in [0.25, 0.3) is 0 Å².